The molecule has 0 fully saturated rings. The summed E-state index contributed by atoms with van der Waals surface area (Å²) in [5.74, 6) is 0.522. The summed E-state index contributed by atoms with van der Waals surface area (Å²) >= 11 is 0. The molecule has 0 saturated heterocycles. The summed E-state index contributed by atoms with van der Waals surface area (Å²) in [6.07, 6.45) is 3.20. The van der Waals surface area contributed by atoms with Crippen molar-refractivity contribution in [1.82, 2.24) is 9.97 Å². The van der Waals surface area contributed by atoms with E-state index in [0.717, 1.165) is 5.52 Å². The average Bonchev–Trinajstić information content (AvgIpc) is 2.16. The van der Waals surface area contributed by atoms with Gasteiger partial charge in [0.2, 0.25) is 7.37 Å². The Morgan fingerprint density at radius 2 is 1.93 bits per heavy atom. The Kier molecular flexibility index (Phi) is 2.45. The van der Waals surface area contributed by atoms with E-state index in [1.807, 2.05) is 12.1 Å². The van der Waals surface area contributed by atoms with Gasteiger partial charge in [-0.1, -0.05) is 6.07 Å². The van der Waals surface area contributed by atoms with Crippen molar-refractivity contribution in [1.29, 1.82) is 0 Å². The van der Waals surface area contributed by atoms with Gasteiger partial charge in [0, 0.05) is 25.7 Å². The highest BCUT2D eigenvalue weighted by Crippen LogP contribution is 2.40. The van der Waals surface area contributed by atoms with Crippen LogP contribution in [0.25, 0.3) is 11.0 Å². The van der Waals surface area contributed by atoms with Gasteiger partial charge in [0.1, 0.15) is 5.52 Å². The standard InChI is InChI=1S/C10H11N2O2P/c1-15(2,13)14-9-5-3-4-8-10(9)12-7-6-11-8/h3-7H,1-2H3. The van der Waals surface area contributed by atoms with Gasteiger partial charge in [-0.3, -0.25) is 9.55 Å². The van der Waals surface area contributed by atoms with Gasteiger partial charge in [-0.15, -0.1) is 0 Å². The minimum absolute atomic E-state index is 0.522. The Hall–Kier alpha value is -1.41. The van der Waals surface area contributed by atoms with Gasteiger partial charge in [-0.25, -0.2) is 4.98 Å². The van der Waals surface area contributed by atoms with Crippen LogP contribution >= 0.6 is 7.37 Å². The fourth-order valence-corrected chi connectivity index (χ4v) is 1.90. The molecule has 2 aromatic rings. The van der Waals surface area contributed by atoms with Crippen LogP contribution in [0.2, 0.25) is 0 Å². The Labute approximate surface area is 87.8 Å². The zero-order chi connectivity index (χ0) is 10.9. The molecule has 15 heavy (non-hydrogen) atoms. The molecular weight excluding hydrogens is 211 g/mol. The van der Waals surface area contributed by atoms with Gasteiger partial charge >= 0.3 is 0 Å². The number of benzene rings is 1. The van der Waals surface area contributed by atoms with Crippen LogP contribution in [0.1, 0.15) is 0 Å². The fraction of sp³-hybridized carbons (Fsp3) is 0.200. The van der Waals surface area contributed by atoms with E-state index >= 15 is 0 Å². The molecule has 1 aromatic carbocycles. The molecule has 0 aliphatic rings. The minimum Gasteiger partial charge on any atom is -0.441 e. The van der Waals surface area contributed by atoms with Crippen LogP contribution in [0.5, 0.6) is 5.75 Å². The second-order valence-corrected chi connectivity index (χ2v) is 6.21. The normalized spacial score (nSPS) is 11.6. The first-order chi connectivity index (χ1) is 7.06. The van der Waals surface area contributed by atoms with Crippen molar-refractivity contribution >= 4 is 18.4 Å². The predicted molar refractivity (Wildman–Crippen MR) is 59.6 cm³/mol. The first-order valence-corrected chi connectivity index (χ1v) is 7.02. The van der Waals surface area contributed by atoms with Gasteiger partial charge in [0.05, 0.1) is 5.52 Å². The van der Waals surface area contributed by atoms with Crippen molar-refractivity contribution in [2.45, 2.75) is 0 Å². The van der Waals surface area contributed by atoms with Crippen molar-refractivity contribution in [3.8, 4) is 5.75 Å². The number of rotatable bonds is 2. The third-order valence-electron chi connectivity index (χ3n) is 1.78. The Balaban J connectivity index is 2.56. The lowest BCUT2D eigenvalue weighted by atomic mass is 10.3. The summed E-state index contributed by atoms with van der Waals surface area (Å²) in [6, 6.07) is 5.39. The molecular formula is C10H11N2O2P. The number of nitrogens with zero attached hydrogens (tertiary/aromatic N) is 2. The zero-order valence-corrected chi connectivity index (χ0v) is 9.44. The summed E-state index contributed by atoms with van der Waals surface area (Å²) in [5.41, 5.74) is 1.38. The van der Waals surface area contributed by atoms with Crippen LogP contribution in [-0.2, 0) is 4.57 Å². The SMILES string of the molecule is CP(C)(=O)Oc1cccc2nccnc12. The highest BCUT2D eigenvalue weighted by atomic mass is 31.2. The maximum atomic E-state index is 11.6. The van der Waals surface area contributed by atoms with Crippen LogP contribution in [0, 0.1) is 0 Å². The van der Waals surface area contributed by atoms with Crippen molar-refractivity contribution in [2.24, 2.45) is 0 Å². The second-order valence-electron chi connectivity index (χ2n) is 3.52. The summed E-state index contributed by atoms with van der Waals surface area (Å²) in [6.45, 7) is 3.14. The summed E-state index contributed by atoms with van der Waals surface area (Å²) < 4.78 is 16.9. The van der Waals surface area contributed by atoms with Gasteiger partial charge < -0.3 is 4.52 Å². The first kappa shape index (κ1) is 10.1. The molecule has 0 bridgehead atoms. The van der Waals surface area contributed by atoms with Crippen LogP contribution < -0.4 is 4.52 Å². The number of aromatic nitrogens is 2. The van der Waals surface area contributed by atoms with Gasteiger partial charge in [-0.2, -0.15) is 0 Å². The van der Waals surface area contributed by atoms with E-state index < -0.39 is 7.37 Å². The lowest BCUT2D eigenvalue weighted by molar-refractivity contribution is 0.496. The molecule has 4 nitrogen and oxygen atoms in total. The van der Waals surface area contributed by atoms with Crippen molar-refractivity contribution in [3.63, 3.8) is 0 Å². The van der Waals surface area contributed by atoms with Gasteiger partial charge in [0.25, 0.3) is 0 Å². The summed E-state index contributed by atoms with van der Waals surface area (Å²) in [7, 11) is -2.56. The zero-order valence-electron chi connectivity index (χ0n) is 8.54. The third kappa shape index (κ3) is 2.34. The predicted octanol–water partition coefficient (Wildman–Crippen LogP) is 2.55. The van der Waals surface area contributed by atoms with Crippen LogP contribution in [0.4, 0.5) is 0 Å². The lowest BCUT2D eigenvalue weighted by Gasteiger charge is -2.11. The van der Waals surface area contributed by atoms with E-state index in [0.29, 0.717) is 11.3 Å². The molecule has 0 unspecified atom stereocenters. The molecule has 0 amide bonds. The molecule has 0 spiro atoms. The molecule has 5 heteroatoms. The Morgan fingerprint density at radius 3 is 2.67 bits per heavy atom. The molecule has 0 N–H and O–H groups in total. The number of hydrogen-bond acceptors (Lipinski definition) is 4. The Morgan fingerprint density at radius 1 is 1.20 bits per heavy atom. The van der Waals surface area contributed by atoms with Crippen molar-refractivity contribution < 1.29 is 9.09 Å². The topological polar surface area (TPSA) is 52.1 Å². The average molecular weight is 222 g/mol. The van der Waals surface area contributed by atoms with E-state index in [1.165, 1.54) is 0 Å². The number of hydrogen-bond donors (Lipinski definition) is 0. The summed E-state index contributed by atoms with van der Waals surface area (Å²) in [5, 5.41) is 0. The molecule has 0 saturated carbocycles. The smallest absolute Gasteiger partial charge is 0.242 e. The first-order valence-electron chi connectivity index (χ1n) is 4.50. The highest BCUT2D eigenvalue weighted by Gasteiger charge is 2.12. The molecule has 0 aliphatic carbocycles. The molecule has 0 aliphatic heterocycles. The van der Waals surface area contributed by atoms with Gasteiger partial charge in [0.15, 0.2) is 5.75 Å². The molecule has 2 rings (SSSR count). The molecule has 1 aromatic heterocycles. The van der Waals surface area contributed by atoms with E-state index in [4.69, 9.17) is 4.52 Å². The summed E-state index contributed by atoms with van der Waals surface area (Å²) in [4.78, 5) is 8.30. The van der Waals surface area contributed by atoms with Crippen LogP contribution in [0.3, 0.4) is 0 Å². The maximum Gasteiger partial charge on any atom is 0.242 e. The van der Waals surface area contributed by atoms with Crippen molar-refractivity contribution in [2.75, 3.05) is 13.3 Å². The molecule has 0 radical (unpaired) electrons. The van der Waals surface area contributed by atoms with E-state index in [-0.39, 0.29) is 0 Å². The van der Waals surface area contributed by atoms with E-state index in [2.05, 4.69) is 9.97 Å². The van der Waals surface area contributed by atoms with Crippen LogP contribution in [-0.4, -0.2) is 23.3 Å². The van der Waals surface area contributed by atoms with Crippen molar-refractivity contribution in [3.05, 3.63) is 30.6 Å². The highest BCUT2D eigenvalue weighted by molar-refractivity contribution is 7.57. The molecule has 1 heterocycles. The Bertz CT molecular complexity index is 530. The second kappa shape index (κ2) is 3.63. The number of fused-ring (bicyclic) bond motifs is 1. The molecule has 0 atom stereocenters. The fourth-order valence-electron chi connectivity index (χ4n) is 1.28. The van der Waals surface area contributed by atoms with E-state index in [1.54, 1.807) is 31.8 Å². The maximum absolute atomic E-state index is 11.6. The quantitative estimate of drug-likeness (QED) is 0.732. The number of para-hydroxylation sites is 1. The third-order valence-corrected chi connectivity index (χ3v) is 2.42. The van der Waals surface area contributed by atoms with E-state index in [9.17, 15) is 4.57 Å². The largest absolute Gasteiger partial charge is 0.441 e. The molecule has 78 valence electrons. The monoisotopic (exact) mass is 222 g/mol. The minimum atomic E-state index is -2.56. The van der Waals surface area contributed by atoms with Gasteiger partial charge in [-0.05, 0) is 12.1 Å². The lowest BCUT2D eigenvalue weighted by Crippen LogP contribution is -1.92. The van der Waals surface area contributed by atoms with Crippen LogP contribution in [0.15, 0.2) is 30.6 Å².